The number of quaternary nitrogens is 1. The smallest absolute Gasteiger partial charge is 0.0781 e. The predicted octanol–water partition coefficient (Wildman–Crippen LogP) is 6.18. The Balaban J connectivity index is 1.65. The molecule has 1 saturated carbocycles. The van der Waals surface area contributed by atoms with E-state index in [1.165, 1.54) is 76.7 Å². The van der Waals surface area contributed by atoms with Gasteiger partial charge in [0.1, 0.15) is 0 Å². The zero-order valence-corrected chi connectivity index (χ0v) is 23.7. The van der Waals surface area contributed by atoms with E-state index in [9.17, 15) is 0 Å². The Labute approximate surface area is 217 Å². The van der Waals surface area contributed by atoms with E-state index in [1.54, 1.807) is 16.8 Å². The minimum atomic E-state index is 0.609. The lowest BCUT2D eigenvalue weighted by Crippen LogP contribution is -2.37. The minimum absolute atomic E-state index is 0.609. The molecule has 3 rings (SSSR count). The summed E-state index contributed by atoms with van der Waals surface area (Å²) in [4.78, 5) is 5.56. The summed E-state index contributed by atoms with van der Waals surface area (Å²) in [6, 6.07) is 0.627. The Kier molecular flexibility index (Phi) is 11.1. The molecule has 0 aromatic heterocycles. The lowest BCUT2D eigenvalue weighted by molar-refractivity contribution is -0.870. The van der Waals surface area contributed by atoms with Gasteiger partial charge in [-0.2, -0.15) is 0 Å². The van der Waals surface area contributed by atoms with Crippen LogP contribution in [0.4, 0.5) is 0 Å². The number of rotatable bonds is 14. The van der Waals surface area contributed by atoms with Gasteiger partial charge >= 0.3 is 0 Å². The van der Waals surface area contributed by atoms with E-state index in [2.05, 4.69) is 63.5 Å². The Morgan fingerprint density at radius 2 is 1.80 bits per heavy atom. The van der Waals surface area contributed by atoms with E-state index in [-0.39, 0.29) is 0 Å². The van der Waals surface area contributed by atoms with Crippen LogP contribution in [0.3, 0.4) is 0 Å². The fourth-order valence-corrected chi connectivity index (χ4v) is 5.61. The number of allylic oxidation sites excluding steroid dienone is 4. The SMILES string of the molecule is C=C/C=C(\C=C1CCOCC1)C1C[C@H](C)N(CC(=C2CC2)N(CCCC)CCCC[N+](C)(C)C)C1. The van der Waals surface area contributed by atoms with Crippen LogP contribution in [-0.2, 0) is 4.74 Å². The molecule has 0 aromatic carbocycles. The van der Waals surface area contributed by atoms with Crippen molar-refractivity contribution in [1.29, 1.82) is 0 Å². The van der Waals surface area contributed by atoms with E-state index in [0.717, 1.165) is 37.1 Å². The number of nitrogens with zero attached hydrogens (tertiary/aromatic N) is 3. The van der Waals surface area contributed by atoms with E-state index in [4.69, 9.17) is 4.74 Å². The van der Waals surface area contributed by atoms with E-state index >= 15 is 0 Å². The first kappa shape index (κ1) is 28.2. The van der Waals surface area contributed by atoms with Crippen molar-refractivity contribution in [2.45, 2.75) is 77.7 Å². The van der Waals surface area contributed by atoms with Crippen molar-refractivity contribution in [3.63, 3.8) is 0 Å². The first-order valence-corrected chi connectivity index (χ1v) is 14.4. The first-order chi connectivity index (χ1) is 16.8. The van der Waals surface area contributed by atoms with Gasteiger partial charge in [0.25, 0.3) is 0 Å². The van der Waals surface area contributed by atoms with Crippen LogP contribution in [0.15, 0.2) is 47.2 Å². The zero-order valence-electron chi connectivity index (χ0n) is 23.7. The molecule has 2 saturated heterocycles. The van der Waals surface area contributed by atoms with Crippen LogP contribution < -0.4 is 0 Å². The molecule has 0 N–H and O–H groups in total. The molecule has 3 fully saturated rings. The van der Waals surface area contributed by atoms with Gasteiger partial charge in [-0.05, 0) is 75.4 Å². The third-order valence-corrected chi connectivity index (χ3v) is 7.92. The maximum atomic E-state index is 5.58. The van der Waals surface area contributed by atoms with Gasteiger partial charge in [0.15, 0.2) is 0 Å². The Bertz CT molecular complexity index is 759. The van der Waals surface area contributed by atoms with Crippen LogP contribution in [0, 0.1) is 5.92 Å². The van der Waals surface area contributed by atoms with Gasteiger partial charge in [-0.3, -0.25) is 4.90 Å². The van der Waals surface area contributed by atoms with Crippen LogP contribution in [0.1, 0.15) is 71.6 Å². The monoisotopic (exact) mass is 484 g/mol. The third-order valence-electron chi connectivity index (χ3n) is 7.92. The van der Waals surface area contributed by atoms with E-state index < -0.39 is 0 Å². The summed E-state index contributed by atoms with van der Waals surface area (Å²) in [5.74, 6) is 0.609. The van der Waals surface area contributed by atoms with Crippen molar-refractivity contribution in [1.82, 2.24) is 9.80 Å². The molecule has 2 aliphatic heterocycles. The molecule has 0 radical (unpaired) electrons. The largest absolute Gasteiger partial charge is 0.381 e. The van der Waals surface area contributed by atoms with Crippen molar-refractivity contribution in [2.75, 3.05) is 67.1 Å². The molecular weight excluding hydrogens is 430 g/mol. The molecule has 0 spiro atoms. The average Bonchev–Trinajstić information content (AvgIpc) is 3.60. The van der Waals surface area contributed by atoms with Crippen molar-refractivity contribution < 1.29 is 9.22 Å². The molecule has 35 heavy (non-hydrogen) atoms. The highest BCUT2D eigenvalue weighted by Gasteiger charge is 2.33. The average molecular weight is 485 g/mol. The van der Waals surface area contributed by atoms with Gasteiger partial charge in [-0.1, -0.05) is 43.7 Å². The summed E-state index contributed by atoms with van der Waals surface area (Å²) in [7, 11) is 6.93. The van der Waals surface area contributed by atoms with Crippen molar-refractivity contribution >= 4 is 0 Å². The van der Waals surface area contributed by atoms with Gasteiger partial charge in [-0.25, -0.2) is 0 Å². The topological polar surface area (TPSA) is 15.7 Å². The molecular formula is C31H54N3O+. The van der Waals surface area contributed by atoms with Crippen molar-refractivity contribution in [3.8, 4) is 0 Å². The maximum Gasteiger partial charge on any atom is 0.0781 e. The van der Waals surface area contributed by atoms with Crippen molar-refractivity contribution in [3.05, 3.63) is 47.2 Å². The number of hydrogen-bond acceptors (Lipinski definition) is 3. The molecule has 0 amide bonds. The second-order valence-electron chi connectivity index (χ2n) is 12.1. The Hall–Kier alpha value is -1.36. The third kappa shape index (κ3) is 9.55. The summed E-state index contributed by atoms with van der Waals surface area (Å²) in [6.07, 6.45) is 18.0. The number of unbranched alkanes of at least 4 members (excludes halogenated alkanes) is 2. The summed E-state index contributed by atoms with van der Waals surface area (Å²) >= 11 is 0. The standard InChI is InChI=1S/C31H54N3O/c1-7-9-17-32(18-10-11-19-34(4,5)6)31(28-13-14-28)25-33-24-30(22-26(33)3)29(12-8-2)23-27-15-20-35-21-16-27/h8,12,23,26,30H,2,7,9-11,13-22,24-25H2,1,3-6H3/q+1/b29-12+/t26-,30?/m0/s1. The molecule has 4 heteroatoms. The van der Waals surface area contributed by atoms with Gasteiger partial charge < -0.3 is 14.1 Å². The van der Waals surface area contributed by atoms with Crippen molar-refractivity contribution in [2.24, 2.45) is 5.92 Å². The molecule has 0 bridgehead atoms. The normalized spacial score (nSPS) is 23.5. The van der Waals surface area contributed by atoms with E-state index in [1.807, 2.05) is 6.08 Å². The molecule has 198 valence electrons. The number of ether oxygens (including phenoxy) is 1. The highest BCUT2D eigenvalue weighted by Crippen LogP contribution is 2.37. The highest BCUT2D eigenvalue weighted by atomic mass is 16.5. The summed E-state index contributed by atoms with van der Waals surface area (Å²) in [5, 5.41) is 0. The summed E-state index contributed by atoms with van der Waals surface area (Å²) < 4.78 is 6.64. The van der Waals surface area contributed by atoms with Crippen LogP contribution in [0.2, 0.25) is 0 Å². The Morgan fingerprint density at radius 1 is 1.09 bits per heavy atom. The molecule has 0 aromatic rings. The van der Waals surface area contributed by atoms with Crippen LogP contribution in [0.5, 0.6) is 0 Å². The predicted molar refractivity (Wildman–Crippen MR) is 150 cm³/mol. The Morgan fingerprint density at radius 3 is 2.43 bits per heavy atom. The maximum absolute atomic E-state index is 5.58. The fourth-order valence-electron chi connectivity index (χ4n) is 5.61. The first-order valence-electron chi connectivity index (χ1n) is 14.4. The number of hydrogen-bond donors (Lipinski definition) is 0. The molecule has 2 heterocycles. The summed E-state index contributed by atoms with van der Waals surface area (Å²) in [6.45, 7) is 16.6. The minimum Gasteiger partial charge on any atom is -0.381 e. The zero-order chi connectivity index (χ0) is 25.3. The van der Waals surface area contributed by atoms with Gasteiger partial charge in [0, 0.05) is 37.9 Å². The highest BCUT2D eigenvalue weighted by molar-refractivity contribution is 5.32. The lowest BCUT2D eigenvalue weighted by Gasteiger charge is -2.32. The molecule has 2 atom stereocenters. The van der Waals surface area contributed by atoms with Gasteiger partial charge in [0.05, 0.1) is 40.9 Å². The van der Waals surface area contributed by atoms with Crippen LogP contribution >= 0.6 is 0 Å². The number of likely N-dealkylation sites (tertiary alicyclic amines) is 1. The van der Waals surface area contributed by atoms with Crippen LogP contribution in [-0.4, -0.2) is 87.4 Å². The van der Waals surface area contributed by atoms with Gasteiger partial charge in [0.2, 0.25) is 0 Å². The molecule has 1 aliphatic carbocycles. The quantitative estimate of drug-likeness (QED) is 0.166. The second-order valence-corrected chi connectivity index (χ2v) is 12.1. The molecule has 3 aliphatic rings. The lowest BCUT2D eigenvalue weighted by atomic mass is 9.92. The molecule has 4 nitrogen and oxygen atoms in total. The van der Waals surface area contributed by atoms with Gasteiger partial charge in [-0.15, -0.1) is 0 Å². The van der Waals surface area contributed by atoms with E-state index in [0.29, 0.717) is 12.0 Å². The molecule has 1 unspecified atom stereocenters. The summed E-state index contributed by atoms with van der Waals surface area (Å²) in [5.41, 5.74) is 6.44. The second kappa shape index (κ2) is 13.8. The fraction of sp³-hybridized carbons (Fsp3) is 0.742. The van der Waals surface area contributed by atoms with Crippen LogP contribution in [0.25, 0.3) is 0 Å².